The molecule has 10 heteroatoms. The third-order valence-electron chi connectivity index (χ3n) is 6.17. The maximum absolute atomic E-state index is 6.91. The molecular weight excluding hydrogens is 462 g/mol. The zero-order valence-electron chi connectivity index (χ0n) is 19.2. The maximum Gasteiger partial charge on any atom is 0.248 e. The highest BCUT2D eigenvalue weighted by Gasteiger charge is 2.30. The van der Waals surface area contributed by atoms with Gasteiger partial charge >= 0.3 is 0 Å². The van der Waals surface area contributed by atoms with Gasteiger partial charge in [0.25, 0.3) is 0 Å². The molecule has 1 N–H and O–H groups in total. The zero-order chi connectivity index (χ0) is 23.9. The monoisotopic (exact) mass is 483 g/mol. The van der Waals surface area contributed by atoms with Crippen LogP contribution in [-0.4, -0.2) is 39.5 Å². The van der Waals surface area contributed by atoms with Crippen molar-refractivity contribution in [2.45, 2.75) is 26.4 Å². The van der Waals surface area contributed by atoms with Crippen molar-refractivity contribution >= 4 is 23.2 Å². The highest BCUT2D eigenvalue weighted by molar-refractivity contribution is 6.30. The van der Waals surface area contributed by atoms with E-state index in [0.717, 1.165) is 33.8 Å². The first-order valence-electron chi connectivity index (χ1n) is 11.2. The Hall–Kier alpha value is -4.24. The first kappa shape index (κ1) is 21.3. The van der Waals surface area contributed by atoms with Gasteiger partial charge in [-0.1, -0.05) is 58.7 Å². The number of hydrogen-bond acceptors (Lipinski definition) is 6. The zero-order valence-corrected chi connectivity index (χ0v) is 19.9. The van der Waals surface area contributed by atoms with Crippen molar-refractivity contribution in [2.24, 2.45) is 0 Å². The first-order valence-corrected chi connectivity index (χ1v) is 11.6. The van der Waals surface area contributed by atoms with Crippen LogP contribution in [0.15, 0.2) is 73.3 Å². The number of imidazole rings is 1. The standard InChI is InChI=1S/C25H22ClN9/c1-16-3-5-18(6-4-16)14-34-24(26)23(17(2)30-34)22-13-21(28-25-29-31-32-35(22)25)19-7-9-20(10-8-19)33-12-11-27-15-33/h3-13,15,22H,14H2,1-2H3,(H,28,29,32). The Bertz CT molecular complexity index is 1510. The fourth-order valence-electron chi connectivity index (χ4n) is 4.33. The average molecular weight is 484 g/mol. The molecule has 6 rings (SSSR count). The second kappa shape index (κ2) is 8.52. The summed E-state index contributed by atoms with van der Waals surface area (Å²) >= 11 is 6.91. The molecule has 2 aromatic carbocycles. The number of nitrogens with one attached hydrogen (secondary N) is 1. The van der Waals surface area contributed by atoms with Crippen LogP contribution in [0.4, 0.5) is 5.95 Å². The summed E-state index contributed by atoms with van der Waals surface area (Å²) in [6.45, 7) is 4.62. The smallest absolute Gasteiger partial charge is 0.248 e. The molecule has 0 bridgehead atoms. The molecule has 0 saturated carbocycles. The molecule has 0 saturated heterocycles. The number of nitrogens with zero attached hydrogens (tertiary/aromatic N) is 8. The average Bonchev–Trinajstić information content (AvgIpc) is 3.62. The molecule has 0 radical (unpaired) electrons. The quantitative estimate of drug-likeness (QED) is 0.397. The Morgan fingerprint density at radius 1 is 1.03 bits per heavy atom. The largest absolute Gasteiger partial charge is 0.323 e. The Labute approximate surface area is 206 Å². The minimum absolute atomic E-state index is 0.302. The summed E-state index contributed by atoms with van der Waals surface area (Å²) in [5.41, 5.74) is 7.00. The van der Waals surface area contributed by atoms with Gasteiger partial charge in [-0.2, -0.15) is 9.78 Å². The van der Waals surface area contributed by atoms with Crippen molar-refractivity contribution in [2.75, 3.05) is 5.32 Å². The molecule has 0 amide bonds. The van der Waals surface area contributed by atoms with Crippen molar-refractivity contribution in [1.29, 1.82) is 0 Å². The number of halogens is 1. The highest BCUT2D eigenvalue weighted by Crippen LogP contribution is 2.36. The van der Waals surface area contributed by atoms with Crippen LogP contribution in [0.5, 0.6) is 0 Å². The lowest BCUT2D eigenvalue weighted by atomic mass is 10.0. The Morgan fingerprint density at radius 3 is 2.57 bits per heavy atom. The van der Waals surface area contributed by atoms with Gasteiger partial charge in [-0.3, -0.25) is 0 Å². The fourth-order valence-corrected chi connectivity index (χ4v) is 4.67. The molecule has 1 aliphatic rings. The molecule has 1 unspecified atom stereocenters. The summed E-state index contributed by atoms with van der Waals surface area (Å²) in [5, 5.41) is 20.9. The number of allylic oxidation sites excluding steroid dienone is 1. The summed E-state index contributed by atoms with van der Waals surface area (Å²) in [6, 6.07) is 16.3. The lowest BCUT2D eigenvalue weighted by Crippen LogP contribution is -2.21. The SMILES string of the molecule is Cc1ccc(Cn2nc(C)c(C3C=C(c4ccc(-n5ccnc5)cc4)Nc4nnnn43)c2Cl)cc1. The first-order chi connectivity index (χ1) is 17.1. The Balaban J connectivity index is 1.37. The van der Waals surface area contributed by atoms with E-state index in [4.69, 9.17) is 16.7 Å². The van der Waals surface area contributed by atoms with E-state index in [1.165, 1.54) is 5.56 Å². The number of aromatic nitrogens is 8. The predicted molar refractivity (Wildman–Crippen MR) is 133 cm³/mol. The van der Waals surface area contributed by atoms with Crippen molar-refractivity contribution < 1.29 is 0 Å². The van der Waals surface area contributed by atoms with Gasteiger partial charge in [0.1, 0.15) is 11.2 Å². The van der Waals surface area contributed by atoms with Crippen LogP contribution in [0.1, 0.15) is 34.0 Å². The van der Waals surface area contributed by atoms with E-state index in [9.17, 15) is 0 Å². The predicted octanol–water partition coefficient (Wildman–Crippen LogP) is 4.43. The van der Waals surface area contributed by atoms with Gasteiger partial charge in [0.2, 0.25) is 5.95 Å². The third-order valence-corrected chi connectivity index (χ3v) is 6.56. The van der Waals surface area contributed by atoms with Crippen LogP contribution in [0.2, 0.25) is 5.15 Å². The lowest BCUT2D eigenvalue weighted by molar-refractivity contribution is 0.583. The number of aryl methyl sites for hydroxylation is 2. The molecule has 5 aromatic rings. The number of hydrogen-bond donors (Lipinski definition) is 1. The minimum atomic E-state index is -0.302. The molecule has 1 aliphatic heterocycles. The molecule has 0 fully saturated rings. The van der Waals surface area contributed by atoms with E-state index in [1.54, 1.807) is 17.2 Å². The van der Waals surface area contributed by atoms with Gasteiger partial charge in [-0.05, 0) is 53.6 Å². The molecule has 1 atom stereocenters. The van der Waals surface area contributed by atoms with E-state index in [0.29, 0.717) is 17.6 Å². The number of tetrazole rings is 1. The Morgan fingerprint density at radius 2 is 1.83 bits per heavy atom. The van der Waals surface area contributed by atoms with E-state index >= 15 is 0 Å². The van der Waals surface area contributed by atoms with Crippen LogP contribution in [-0.2, 0) is 6.54 Å². The maximum atomic E-state index is 6.91. The summed E-state index contributed by atoms with van der Waals surface area (Å²) < 4.78 is 5.52. The van der Waals surface area contributed by atoms with Crippen LogP contribution in [0, 0.1) is 13.8 Å². The van der Waals surface area contributed by atoms with E-state index in [-0.39, 0.29) is 6.04 Å². The highest BCUT2D eigenvalue weighted by atomic mass is 35.5. The van der Waals surface area contributed by atoms with Gasteiger partial charge in [-0.15, -0.1) is 0 Å². The van der Waals surface area contributed by atoms with Crippen molar-refractivity contribution in [3.63, 3.8) is 0 Å². The Kier molecular flexibility index (Phi) is 5.18. The van der Waals surface area contributed by atoms with Crippen molar-refractivity contribution in [1.82, 2.24) is 39.5 Å². The van der Waals surface area contributed by atoms with Crippen LogP contribution >= 0.6 is 11.6 Å². The lowest BCUT2D eigenvalue weighted by Gasteiger charge is -2.23. The number of benzene rings is 2. The number of fused-ring (bicyclic) bond motifs is 1. The normalized spacial score (nSPS) is 14.9. The van der Waals surface area contributed by atoms with E-state index in [2.05, 4.69) is 75.2 Å². The van der Waals surface area contributed by atoms with Crippen molar-refractivity contribution in [3.8, 4) is 5.69 Å². The topological polar surface area (TPSA) is 91.3 Å². The van der Waals surface area contributed by atoms with Crippen molar-refractivity contribution in [3.05, 3.63) is 106 Å². The molecule has 0 spiro atoms. The molecule has 174 valence electrons. The van der Waals surface area contributed by atoms with E-state index < -0.39 is 0 Å². The summed E-state index contributed by atoms with van der Waals surface area (Å²) in [7, 11) is 0. The van der Waals surface area contributed by atoms with Crippen LogP contribution in [0.3, 0.4) is 0 Å². The van der Waals surface area contributed by atoms with Gasteiger partial charge in [0.05, 0.1) is 18.6 Å². The molecule has 9 nitrogen and oxygen atoms in total. The van der Waals surface area contributed by atoms with Crippen LogP contribution < -0.4 is 5.32 Å². The molecule has 4 heterocycles. The van der Waals surface area contributed by atoms with Gasteiger partial charge in [0, 0.05) is 29.3 Å². The fraction of sp³-hybridized carbons (Fsp3) is 0.160. The van der Waals surface area contributed by atoms with E-state index in [1.807, 2.05) is 34.5 Å². The summed E-state index contributed by atoms with van der Waals surface area (Å²) in [5.74, 6) is 0.549. The minimum Gasteiger partial charge on any atom is -0.323 e. The molecule has 3 aromatic heterocycles. The number of anilines is 1. The van der Waals surface area contributed by atoms with Gasteiger partial charge in [0.15, 0.2) is 0 Å². The number of rotatable bonds is 5. The molecule has 0 aliphatic carbocycles. The van der Waals surface area contributed by atoms with Gasteiger partial charge < -0.3 is 9.88 Å². The van der Waals surface area contributed by atoms with Gasteiger partial charge in [-0.25, -0.2) is 9.67 Å². The third kappa shape index (κ3) is 3.89. The summed E-state index contributed by atoms with van der Waals surface area (Å²) in [6.07, 6.45) is 7.53. The van der Waals surface area contributed by atoms with Crippen LogP contribution in [0.25, 0.3) is 11.4 Å². The summed E-state index contributed by atoms with van der Waals surface area (Å²) in [4.78, 5) is 4.12. The second-order valence-corrected chi connectivity index (χ2v) is 8.91. The molecule has 35 heavy (non-hydrogen) atoms. The second-order valence-electron chi connectivity index (χ2n) is 8.55. The molecular formula is C25H22ClN9.